The van der Waals surface area contributed by atoms with Crippen LogP contribution in [0.15, 0.2) is 36.5 Å². The topological polar surface area (TPSA) is 91.0 Å². The van der Waals surface area contributed by atoms with Crippen LogP contribution in [-0.4, -0.2) is 21.8 Å². The molecule has 0 aliphatic heterocycles. The second-order valence-electron chi connectivity index (χ2n) is 4.24. The summed E-state index contributed by atoms with van der Waals surface area (Å²) in [5.74, 6) is -1.72. The molecule has 0 unspecified atom stereocenters. The number of carboxylic acid groups (broad SMARTS) is 1. The normalized spacial score (nSPS) is 9.80. The van der Waals surface area contributed by atoms with Crippen molar-refractivity contribution in [2.24, 2.45) is 0 Å². The second kappa shape index (κ2) is 5.33. The van der Waals surface area contributed by atoms with E-state index in [0.717, 1.165) is 0 Å². The Morgan fingerprint density at radius 3 is 2.70 bits per heavy atom. The number of carboxylic acids is 1. The van der Waals surface area contributed by atoms with Crippen molar-refractivity contribution in [2.45, 2.75) is 6.92 Å². The second-order valence-corrected chi connectivity index (χ2v) is 4.24. The number of hydrogen-bond acceptors (Lipinski definition) is 4. The molecule has 0 bridgehead atoms. The van der Waals surface area contributed by atoms with Gasteiger partial charge in [-0.15, -0.1) is 0 Å². The zero-order valence-electron chi connectivity index (χ0n) is 10.6. The molecule has 0 radical (unpaired) electrons. The van der Waals surface area contributed by atoms with E-state index in [2.05, 4.69) is 4.98 Å². The Labute approximate surface area is 115 Å². The Kier molecular flexibility index (Phi) is 3.58. The van der Waals surface area contributed by atoms with E-state index >= 15 is 0 Å². The number of ketones is 1. The van der Waals surface area contributed by atoms with E-state index in [1.54, 1.807) is 19.1 Å². The van der Waals surface area contributed by atoms with Gasteiger partial charge in [-0.3, -0.25) is 9.78 Å². The number of nitriles is 1. The Morgan fingerprint density at radius 1 is 1.30 bits per heavy atom. The molecule has 0 aliphatic rings. The summed E-state index contributed by atoms with van der Waals surface area (Å²) in [5.41, 5.74) is 0.961. The Balaban J connectivity index is 2.54. The third-order valence-corrected chi connectivity index (χ3v) is 2.72. The number of aryl methyl sites for hydroxylation is 1. The van der Waals surface area contributed by atoms with Gasteiger partial charge in [0, 0.05) is 11.8 Å². The number of nitrogens with zero attached hydrogens (tertiary/aromatic N) is 2. The number of aromatic nitrogens is 1. The molecule has 1 aromatic heterocycles. The van der Waals surface area contributed by atoms with Crippen molar-refractivity contribution >= 4 is 11.8 Å². The molecular weight excluding hydrogens is 256 g/mol. The van der Waals surface area contributed by atoms with Gasteiger partial charge in [-0.1, -0.05) is 12.1 Å². The highest BCUT2D eigenvalue weighted by molar-refractivity contribution is 6.13. The molecule has 5 nitrogen and oxygen atoms in total. The lowest BCUT2D eigenvalue weighted by atomic mass is 10.0. The molecule has 0 amide bonds. The fourth-order valence-corrected chi connectivity index (χ4v) is 1.78. The van der Waals surface area contributed by atoms with Gasteiger partial charge in [0.25, 0.3) is 0 Å². The van der Waals surface area contributed by atoms with Crippen molar-refractivity contribution in [1.82, 2.24) is 4.98 Å². The summed E-state index contributed by atoms with van der Waals surface area (Å²) in [7, 11) is 0. The zero-order chi connectivity index (χ0) is 14.7. The van der Waals surface area contributed by atoms with Gasteiger partial charge < -0.3 is 5.11 Å². The average Bonchev–Trinajstić information content (AvgIpc) is 2.46. The Morgan fingerprint density at radius 2 is 2.05 bits per heavy atom. The molecule has 1 N–H and O–H groups in total. The SMILES string of the molecule is Cc1cnc(C(=O)c2cccc(C#N)c2)c(C(=O)O)c1. The largest absolute Gasteiger partial charge is 0.478 e. The molecule has 1 heterocycles. The Bertz CT molecular complexity index is 745. The first-order chi connectivity index (χ1) is 9.52. The zero-order valence-corrected chi connectivity index (χ0v) is 10.6. The maximum atomic E-state index is 12.3. The maximum absolute atomic E-state index is 12.3. The van der Waals surface area contributed by atoms with E-state index in [9.17, 15) is 9.59 Å². The van der Waals surface area contributed by atoms with Crippen LogP contribution >= 0.6 is 0 Å². The molecule has 0 spiro atoms. The number of benzene rings is 1. The fraction of sp³-hybridized carbons (Fsp3) is 0.0667. The van der Waals surface area contributed by atoms with Gasteiger partial charge in [0.05, 0.1) is 17.2 Å². The smallest absolute Gasteiger partial charge is 0.338 e. The molecule has 0 atom stereocenters. The third kappa shape index (κ3) is 2.54. The van der Waals surface area contributed by atoms with Gasteiger partial charge in [-0.25, -0.2) is 4.79 Å². The molecule has 20 heavy (non-hydrogen) atoms. The van der Waals surface area contributed by atoms with Crippen molar-refractivity contribution in [3.63, 3.8) is 0 Å². The van der Waals surface area contributed by atoms with Gasteiger partial charge in [-0.2, -0.15) is 5.26 Å². The predicted octanol–water partition coefficient (Wildman–Crippen LogP) is 2.19. The van der Waals surface area contributed by atoms with Gasteiger partial charge >= 0.3 is 5.97 Å². The van der Waals surface area contributed by atoms with Gasteiger partial charge in [0.2, 0.25) is 5.78 Å². The standard InChI is InChI=1S/C15H10N2O3/c1-9-5-12(15(19)20)13(17-8-9)14(18)11-4-2-3-10(6-11)7-16/h2-6,8H,1H3,(H,19,20). The molecule has 0 aliphatic carbocycles. The number of rotatable bonds is 3. The fourth-order valence-electron chi connectivity index (χ4n) is 1.78. The Hall–Kier alpha value is -3.00. The number of pyridine rings is 1. The van der Waals surface area contributed by atoms with Crippen LogP contribution in [-0.2, 0) is 0 Å². The summed E-state index contributed by atoms with van der Waals surface area (Å²) in [4.78, 5) is 27.4. The molecule has 98 valence electrons. The van der Waals surface area contributed by atoms with Gasteiger partial charge in [0.1, 0.15) is 5.69 Å². The number of aromatic carboxylic acids is 1. The molecule has 0 saturated heterocycles. The highest BCUT2D eigenvalue weighted by Crippen LogP contribution is 2.15. The van der Waals surface area contributed by atoms with Crippen LogP contribution in [0.2, 0.25) is 0 Å². The highest BCUT2D eigenvalue weighted by atomic mass is 16.4. The van der Waals surface area contributed by atoms with E-state index in [1.807, 2.05) is 6.07 Å². The lowest BCUT2D eigenvalue weighted by Gasteiger charge is -2.05. The first-order valence-corrected chi connectivity index (χ1v) is 5.77. The minimum Gasteiger partial charge on any atom is -0.478 e. The molecular formula is C15H10N2O3. The number of hydrogen-bond donors (Lipinski definition) is 1. The quantitative estimate of drug-likeness (QED) is 0.860. The summed E-state index contributed by atoms with van der Waals surface area (Å²) < 4.78 is 0. The molecule has 2 aromatic rings. The number of carbonyl (C=O) groups excluding carboxylic acids is 1. The van der Waals surface area contributed by atoms with Crippen LogP contribution in [0.3, 0.4) is 0 Å². The third-order valence-electron chi connectivity index (χ3n) is 2.72. The van der Waals surface area contributed by atoms with Crippen LogP contribution in [0.5, 0.6) is 0 Å². The van der Waals surface area contributed by atoms with Crippen molar-refractivity contribution in [3.05, 3.63) is 64.5 Å². The van der Waals surface area contributed by atoms with Crippen molar-refractivity contribution < 1.29 is 14.7 Å². The summed E-state index contributed by atoms with van der Waals surface area (Å²) in [6.45, 7) is 1.70. The molecule has 0 fully saturated rings. The van der Waals surface area contributed by atoms with E-state index < -0.39 is 11.8 Å². The van der Waals surface area contributed by atoms with Gasteiger partial charge in [0.15, 0.2) is 0 Å². The first-order valence-electron chi connectivity index (χ1n) is 5.77. The van der Waals surface area contributed by atoms with Crippen LogP contribution in [0, 0.1) is 18.3 Å². The molecule has 0 saturated carbocycles. The van der Waals surface area contributed by atoms with E-state index in [-0.39, 0.29) is 16.8 Å². The monoisotopic (exact) mass is 266 g/mol. The maximum Gasteiger partial charge on any atom is 0.338 e. The lowest BCUT2D eigenvalue weighted by molar-refractivity contribution is 0.0692. The first kappa shape index (κ1) is 13.4. The summed E-state index contributed by atoms with van der Waals surface area (Å²) >= 11 is 0. The van der Waals surface area contributed by atoms with Gasteiger partial charge in [-0.05, 0) is 30.7 Å². The summed E-state index contributed by atoms with van der Waals surface area (Å²) in [6.07, 6.45) is 1.44. The molecule has 2 rings (SSSR count). The van der Waals surface area contributed by atoms with Crippen molar-refractivity contribution in [1.29, 1.82) is 5.26 Å². The number of carbonyl (C=O) groups is 2. The van der Waals surface area contributed by atoms with E-state index in [1.165, 1.54) is 24.4 Å². The van der Waals surface area contributed by atoms with Crippen LogP contribution < -0.4 is 0 Å². The summed E-state index contributed by atoms with van der Waals surface area (Å²) in [6, 6.07) is 9.40. The average molecular weight is 266 g/mol. The van der Waals surface area contributed by atoms with E-state index in [0.29, 0.717) is 11.1 Å². The summed E-state index contributed by atoms with van der Waals surface area (Å²) in [5, 5.41) is 18.0. The van der Waals surface area contributed by atoms with Crippen LogP contribution in [0.25, 0.3) is 0 Å². The van der Waals surface area contributed by atoms with Crippen molar-refractivity contribution in [3.8, 4) is 6.07 Å². The van der Waals surface area contributed by atoms with E-state index in [4.69, 9.17) is 10.4 Å². The highest BCUT2D eigenvalue weighted by Gasteiger charge is 2.20. The minimum absolute atomic E-state index is 0.127. The van der Waals surface area contributed by atoms with Crippen molar-refractivity contribution in [2.75, 3.05) is 0 Å². The van der Waals surface area contributed by atoms with Crippen LogP contribution in [0.1, 0.15) is 37.5 Å². The van der Waals surface area contributed by atoms with Crippen LogP contribution in [0.4, 0.5) is 0 Å². The molecule has 5 heteroatoms. The minimum atomic E-state index is -1.21. The molecule has 1 aromatic carbocycles. The lowest BCUT2D eigenvalue weighted by Crippen LogP contribution is -2.12. The predicted molar refractivity (Wildman–Crippen MR) is 70.5 cm³/mol.